The average molecular weight is 567 g/mol. The van der Waals surface area contributed by atoms with Gasteiger partial charge in [-0.3, -0.25) is 0 Å². The number of nitrogens with zero attached hydrogens (tertiary/aromatic N) is 2. The number of anilines is 2. The Morgan fingerprint density at radius 3 is 1.86 bits per heavy atom. The van der Waals surface area contributed by atoms with Gasteiger partial charge in [0.25, 0.3) is 0 Å². The third kappa shape index (κ3) is 4.62. The van der Waals surface area contributed by atoms with E-state index >= 15 is 0 Å². The third-order valence-electron chi connectivity index (χ3n) is 8.61. The summed E-state index contributed by atoms with van der Waals surface area (Å²) in [7, 11) is 0. The Balaban J connectivity index is 1.38. The SMILES string of the molecule is CCN(CC)c1ccc2c(c1)C1(OC(=O)c3ccccc31)c1ccc(N(Cc3ccccc3)Cc3ccccc3)cc1O2. The summed E-state index contributed by atoms with van der Waals surface area (Å²) < 4.78 is 13.1. The van der Waals surface area contributed by atoms with Crippen LogP contribution in [0.15, 0.2) is 121 Å². The van der Waals surface area contributed by atoms with E-state index in [9.17, 15) is 4.79 Å². The van der Waals surface area contributed by atoms with E-state index in [0.29, 0.717) is 17.1 Å². The summed E-state index contributed by atoms with van der Waals surface area (Å²) in [4.78, 5) is 18.0. The van der Waals surface area contributed by atoms with Crippen molar-refractivity contribution in [3.8, 4) is 11.5 Å². The lowest BCUT2D eigenvalue weighted by Gasteiger charge is -2.38. The lowest BCUT2D eigenvalue weighted by atomic mass is 9.77. The van der Waals surface area contributed by atoms with Gasteiger partial charge < -0.3 is 19.3 Å². The van der Waals surface area contributed by atoms with Crippen LogP contribution in [-0.4, -0.2) is 19.1 Å². The van der Waals surface area contributed by atoms with Crippen molar-refractivity contribution in [3.63, 3.8) is 0 Å². The van der Waals surface area contributed by atoms with Gasteiger partial charge in [0.15, 0.2) is 5.60 Å². The van der Waals surface area contributed by atoms with Crippen LogP contribution in [0.3, 0.4) is 0 Å². The molecule has 0 N–H and O–H groups in total. The molecule has 0 aliphatic carbocycles. The summed E-state index contributed by atoms with van der Waals surface area (Å²) in [6.07, 6.45) is 0. The number of hydrogen-bond acceptors (Lipinski definition) is 5. The summed E-state index contributed by atoms with van der Waals surface area (Å²) in [5.74, 6) is 1.07. The zero-order chi connectivity index (χ0) is 29.4. The predicted molar refractivity (Wildman–Crippen MR) is 171 cm³/mol. The van der Waals surface area contributed by atoms with Crippen LogP contribution in [0, 0.1) is 0 Å². The topological polar surface area (TPSA) is 42.0 Å². The summed E-state index contributed by atoms with van der Waals surface area (Å²) in [6.45, 7) is 7.51. The molecule has 2 aliphatic heterocycles. The molecule has 0 saturated carbocycles. The largest absolute Gasteiger partial charge is 0.456 e. The molecule has 5 nitrogen and oxygen atoms in total. The lowest BCUT2D eigenvalue weighted by molar-refractivity contribution is 0.0224. The molecule has 2 aliphatic rings. The number of esters is 1. The van der Waals surface area contributed by atoms with Gasteiger partial charge in [-0.15, -0.1) is 0 Å². The van der Waals surface area contributed by atoms with Crippen molar-refractivity contribution in [3.05, 3.63) is 155 Å². The highest BCUT2D eigenvalue weighted by Crippen LogP contribution is 2.57. The van der Waals surface area contributed by atoms with Gasteiger partial charge in [-0.2, -0.15) is 0 Å². The number of hydrogen-bond donors (Lipinski definition) is 0. The summed E-state index contributed by atoms with van der Waals surface area (Å²) >= 11 is 0. The Hall–Kier alpha value is -5.03. The predicted octanol–water partition coefficient (Wildman–Crippen LogP) is 8.31. The number of fused-ring (bicyclic) bond motifs is 6. The number of carbonyl (C=O) groups is 1. The molecule has 5 aromatic rings. The molecule has 0 bridgehead atoms. The Bertz CT molecular complexity index is 1740. The van der Waals surface area contributed by atoms with Crippen LogP contribution in [-0.2, 0) is 23.4 Å². The van der Waals surface area contributed by atoms with Crippen LogP contribution < -0.4 is 14.5 Å². The maximum Gasteiger partial charge on any atom is 0.340 e. The second-order valence-electron chi connectivity index (χ2n) is 11.1. The molecule has 43 heavy (non-hydrogen) atoms. The molecular weight excluding hydrogens is 532 g/mol. The molecule has 214 valence electrons. The lowest BCUT2D eigenvalue weighted by Crippen LogP contribution is -2.34. The normalized spacial score (nSPS) is 16.1. The van der Waals surface area contributed by atoms with E-state index in [0.717, 1.165) is 54.2 Å². The van der Waals surface area contributed by atoms with E-state index in [1.807, 2.05) is 42.5 Å². The maximum absolute atomic E-state index is 13.4. The number of carbonyl (C=O) groups excluding carboxylic acids is 1. The highest BCUT2D eigenvalue weighted by atomic mass is 16.6. The van der Waals surface area contributed by atoms with Gasteiger partial charge in [0.2, 0.25) is 0 Å². The number of rotatable bonds is 8. The minimum atomic E-state index is -1.10. The molecule has 1 spiro atoms. The van der Waals surface area contributed by atoms with Crippen LogP contribution in [0.1, 0.15) is 52.0 Å². The fourth-order valence-corrected chi connectivity index (χ4v) is 6.48. The van der Waals surface area contributed by atoms with Gasteiger partial charge in [-0.25, -0.2) is 4.79 Å². The Morgan fingerprint density at radius 1 is 0.581 bits per heavy atom. The molecule has 0 fully saturated rings. The van der Waals surface area contributed by atoms with Gasteiger partial charge in [0.1, 0.15) is 11.5 Å². The van der Waals surface area contributed by atoms with Crippen molar-refractivity contribution in [1.82, 2.24) is 0 Å². The second kappa shape index (κ2) is 11.0. The van der Waals surface area contributed by atoms with E-state index in [4.69, 9.17) is 9.47 Å². The standard InChI is InChI=1S/C38H34N2O3/c1-3-39(4-2)29-20-22-35-34(23-29)38(32-18-12-11-17-31(32)37(41)43-38)33-21-19-30(24-36(33)42-35)40(25-27-13-7-5-8-14-27)26-28-15-9-6-10-16-28/h5-24H,3-4,25-26H2,1-2H3. The van der Waals surface area contributed by atoms with Gasteiger partial charge in [0.05, 0.1) is 5.56 Å². The van der Waals surface area contributed by atoms with Gasteiger partial charge in [-0.05, 0) is 61.4 Å². The number of ether oxygens (including phenoxy) is 2. The summed E-state index contributed by atoms with van der Waals surface area (Å²) in [5.41, 5.74) is 6.57. The van der Waals surface area contributed by atoms with E-state index in [2.05, 4.69) is 103 Å². The van der Waals surface area contributed by atoms with E-state index in [1.165, 1.54) is 11.1 Å². The first kappa shape index (κ1) is 26.8. The Kier molecular flexibility index (Phi) is 6.86. The molecule has 5 aromatic carbocycles. The molecule has 1 atom stereocenters. The highest BCUT2D eigenvalue weighted by Gasteiger charge is 2.53. The molecular formula is C38H34N2O3. The van der Waals surface area contributed by atoms with Crippen LogP contribution in [0.5, 0.6) is 11.5 Å². The summed E-state index contributed by atoms with van der Waals surface area (Å²) in [5, 5.41) is 0. The number of benzene rings is 5. The molecule has 0 radical (unpaired) electrons. The van der Waals surface area contributed by atoms with Gasteiger partial charge in [-0.1, -0.05) is 78.9 Å². The minimum Gasteiger partial charge on any atom is -0.456 e. The first-order valence-corrected chi connectivity index (χ1v) is 15.0. The first-order valence-electron chi connectivity index (χ1n) is 15.0. The van der Waals surface area contributed by atoms with Crippen LogP contribution in [0.25, 0.3) is 0 Å². The van der Waals surface area contributed by atoms with Crippen LogP contribution in [0.4, 0.5) is 11.4 Å². The molecule has 5 heteroatoms. The van der Waals surface area contributed by atoms with Crippen molar-refractivity contribution in [2.24, 2.45) is 0 Å². The zero-order valence-electron chi connectivity index (χ0n) is 24.5. The van der Waals surface area contributed by atoms with Crippen molar-refractivity contribution in [2.75, 3.05) is 22.9 Å². The minimum absolute atomic E-state index is 0.318. The fourth-order valence-electron chi connectivity index (χ4n) is 6.48. The van der Waals surface area contributed by atoms with Crippen molar-refractivity contribution >= 4 is 17.3 Å². The molecule has 2 heterocycles. The first-order chi connectivity index (χ1) is 21.1. The molecule has 0 amide bonds. The van der Waals surface area contributed by atoms with Crippen LogP contribution in [0.2, 0.25) is 0 Å². The van der Waals surface area contributed by atoms with Crippen molar-refractivity contribution < 1.29 is 14.3 Å². The molecule has 0 aromatic heterocycles. The quantitative estimate of drug-likeness (QED) is 0.177. The molecule has 0 saturated heterocycles. The zero-order valence-corrected chi connectivity index (χ0v) is 24.5. The Labute approximate surface area is 252 Å². The monoisotopic (exact) mass is 566 g/mol. The van der Waals surface area contributed by atoms with E-state index < -0.39 is 5.60 Å². The van der Waals surface area contributed by atoms with Gasteiger partial charge >= 0.3 is 5.97 Å². The van der Waals surface area contributed by atoms with Gasteiger partial charge in [0, 0.05) is 60.3 Å². The van der Waals surface area contributed by atoms with E-state index in [-0.39, 0.29) is 5.97 Å². The fraction of sp³-hybridized carbons (Fsp3) is 0.184. The van der Waals surface area contributed by atoms with Crippen LogP contribution >= 0.6 is 0 Å². The van der Waals surface area contributed by atoms with E-state index in [1.54, 1.807) is 0 Å². The maximum atomic E-state index is 13.4. The smallest absolute Gasteiger partial charge is 0.340 e. The average Bonchev–Trinajstić information content (AvgIpc) is 3.35. The Morgan fingerprint density at radius 2 is 1.19 bits per heavy atom. The second-order valence-corrected chi connectivity index (χ2v) is 11.1. The summed E-state index contributed by atoms with van der Waals surface area (Å²) in [6, 6.07) is 41.3. The third-order valence-corrected chi connectivity index (χ3v) is 8.61. The molecule has 1 unspecified atom stereocenters. The highest BCUT2D eigenvalue weighted by molar-refractivity contribution is 5.97. The van der Waals surface area contributed by atoms with Crippen molar-refractivity contribution in [2.45, 2.75) is 32.5 Å². The van der Waals surface area contributed by atoms with Crippen molar-refractivity contribution in [1.29, 1.82) is 0 Å². The molecule has 7 rings (SSSR count).